The van der Waals surface area contributed by atoms with Crippen molar-refractivity contribution >= 4 is 34.3 Å². The van der Waals surface area contributed by atoms with Crippen molar-refractivity contribution in [2.24, 2.45) is 0 Å². The minimum atomic E-state index is 0.834. The number of thiophene rings is 2. The third kappa shape index (κ3) is 1.56. The van der Waals surface area contributed by atoms with Crippen molar-refractivity contribution in [1.29, 1.82) is 0 Å². The van der Waals surface area contributed by atoms with E-state index in [1.165, 1.54) is 14.6 Å². The number of hydrogen-bond donors (Lipinski definition) is 0. The predicted molar refractivity (Wildman–Crippen MR) is 57.4 cm³/mol. The lowest BCUT2D eigenvalue weighted by Gasteiger charge is -1.86. The topological polar surface area (TPSA) is 0 Å². The van der Waals surface area contributed by atoms with Gasteiger partial charge in [-0.05, 0) is 25.1 Å². The van der Waals surface area contributed by atoms with E-state index in [1.54, 1.807) is 22.7 Å². The fraction of sp³-hybridized carbons (Fsp3) is 0.111. The third-order valence-corrected chi connectivity index (χ3v) is 4.02. The Balaban J connectivity index is 2.43. The summed E-state index contributed by atoms with van der Waals surface area (Å²) in [6, 6.07) is 6.29. The highest BCUT2D eigenvalue weighted by atomic mass is 35.5. The zero-order valence-corrected chi connectivity index (χ0v) is 8.89. The molecule has 0 nitrogen and oxygen atoms in total. The van der Waals surface area contributed by atoms with Gasteiger partial charge in [0.05, 0.1) is 5.02 Å². The Bertz CT molecular complexity index is 348. The quantitative estimate of drug-likeness (QED) is 0.659. The first kappa shape index (κ1) is 8.30. The van der Waals surface area contributed by atoms with Gasteiger partial charge in [-0.1, -0.05) is 11.6 Å². The summed E-state index contributed by atoms with van der Waals surface area (Å²) < 4.78 is 0. The highest BCUT2D eigenvalue weighted by molar-refractivity contribution is 7.21. The van der Waals surface area contributed by atoms with E-state index in [1.807, 2.05) is 11.4 Å². The second-order valence-electron chi connectivity index (χ2n) is 2.54. The Kier molecular flexibility index (Phi) is 2.22. The minimum absolute atomic E-state index is 0.834. The molecule has 0 bridgehead atoms. The Morgan fingerprint density at radius 2 is 2.08 bits per heavy atom. The molecule has 0 saturated heterocycles. The zero-order valence-electron chi connectivity index (χ0n) is 6.50. The van der Waals surface area contributed by atoms with Crippen molar-refractivity contribution in [3.05, 3.63) is 33.5 Å². The SMILES string of the molecule is Cc1ccc(-c2cc(Cl)cs2)s1. The molecule has 0 aromatic carbocycles. The highest BCUT2D eigenvalue weighted by Crippen LogP contribution is 2.33. The molecule has 0 radical (unpaired) electrons. The van der Waals surface area contributed by atoms with Crippen molar-refractivity contribution < 1.29 is 0 Å². The maximum atomic E-state index is 5.83. The van der Waals surface area contributed by atoms with E-state index >= 15 is 0 Å². The van der Waals surface area contributed by atoms with Gasteiger partial charge in [-0.2, -0.15) is 0 Å². The summed E-state index contributed by atoms with van der Waals surface area (Å²) in [4.78, 5) is 3.91. The van der Waals surface area contributed by atoms with Gasteiger partial charge in [0.2, 0.25) is 0 Å². The van der Waals surface area contributed by atoms with Crippen molar-refractivity contribution in [3.8, 4) is 9.75 Å². The molecular weight excluding hydrogens is 208 g/mol. The molecule has 3 heteroatoms. The third-order valence-electron chi connectivity index (χ3n) is 1.55. The average molecular weight is 215 g/mol. The molecule has 0 spiro atoms. The summed E-state index contributed by atoms with van der Waals surface area (Å²) >= 11 is 9.33. The zero-order chi connectivity index (χ0) is 8.55. The molecule has 0 aliphatic rings. The van der Waals surface area contributed by atoms with Crippen LogP contribution < -0.4 is 0 Å². The lowest BCUT2D eigenvalue weighted by atomic mass is 10.4. The van der Waals surface area contributed by atoms with Gasteiger partial charge in [0, 0.05) is 20.0 Å². The fourth-order valence-corrected chi connectivity index (χ4v) is 3.05. The van der Waals surface area contributed by atoms with Crippen LogP contribution in [0, 0.1) is 6.92 Å². The monoisotopic (exact) mass is 214 g/mol. The Morgan fingerprint density at radius 1 is 1.25 bits per heavy atom. The first-order chi connectivity index (χ1) is 5.75. The summed E-state index contributed by atoms with van der Waals surface area (Å²) in [5.41, 5.74) is 0. The van der Waals surface area contributed by atoms with Crippen LogP contribution >= 0.6 is 34.3 Å². The smallest absolute Gasteiger partial charge is 0.0519 e. The van der Waals surface area contributed by atoms with Gasteiger partial charge in [-0.25, -0.2) is 0 Å². The second-order valence-corrected chi connectivity index (χ2v) is 5.18. The average Bonchev–Trinajstić information content (AvgIpc) is 2.58. The van der Waals surface area contributed by atoms with Gasteiger partial charge >= 0.3 is 0 Å². The summed E-state index contributed by atoms with van der Waals surface area (Å²) in [5, 5.41) is 2.80. The molecule has 12 heavy (non-hydrogen) atoms. The molecule has 2 heterocycles. The van der Waals surface area contributed by atoms with Crippen LogP contribution in [-0.2, 0) is 0 Å². The maximum absolute atomic E-state index is 5.83. The molecule has 0 N–H and O–H groups in total. The molecule has 2 aromatic rings. The minimum Gasteiger partial charge on any atom is -0.141 e. The van der Waals surface area contributed by atoms with Crippen LogP contribution in [0.25, 0.3) is 9.75 Å². The lowest BCUT2D eigenvalue weighted by Crippen LogP contribution is -1.56. The van der Waals surface area contributed by atoms with E-state index in [-0.39, 0.29) is 0 Å². The summed E-state index contributed by atoms with van der Waals surface area (Å²) in [7, 11) is 0. The van der Waals surface area contributed by atoms with E-state index in [9.17, 15) is 0 Å². The van der Waals surface area contributed by atoms with Crippen LogP contribution in [0.2, 0.25) is 5.02 Å². The molecule has 0 aliphatic heterocycles. The van der Waals surface area contributed by atoms with Gasteiger partial charge in [0.1, 0.15) is 0 Å². The summed E-state index contributed by atoms with van der Waals surface area (Å²) in [6.07, 6.45) is 0. The fourth-order valence-electron chi connectivity index (χ4n) is 1.01. The van der Waals surface area contributed by atoms with Crippen LogP contribution in [0.5, 0.6) is 0 Å². The van der Waals surface area contributed by atoms with Crippen molar-refractivity contribution in [1.82, 2.24) is 0 Å². The number of rotatable bonds is 1. The predicted octanol–water partition coefficient (Wildman–Crippen LogP) is 4.44. The van der Waals surface area contributed by atoms with E-state index < -0.39 is 0 Å². The van der Waals surface area contributed by atoms with Gasteiger partial charge in [0.15, 0.2) is 0 Å². The van der Waals surface area contributed by atoms with Crippen LogP contribution in [0.3, 0.4) is 0 Å². The highest BCUT2D eigenvalue weighted by Gasteiger charge is 2.02. The molecule has 62 valence electrons. The van der Waals surface area contributed by atoms with Crippen LogP contribution in [0.15, 0.2) is 23.6 Å². The van der Waals surface area contributed by atoms with Crippen molar-refractivity contribution in [2.45, 2.75) is 6.92 Å². The Labute approximate surface area is 84.4 Å². The van der Waals surface area contributed by atoms with E-state index in [0.29, 0.717) is 0 Å². The van der Waals surface area contributed by atoms with Gasteiger partial charge in [-0.15, -0.1) is 22.7 Å². The van der Waals surface area contributed by atoms with Crippen LogP contribution in [0.4, 0.5) is 0 Å². The largest absolute Gasteiger partial charge is 0.141 e. The molecular formula is C9H7ClS2. The normalized spacial score (nSPS) is 10.5. The van der Waals surface area contributed by atoms with E-state index in [4.69, 9.17) is 11.6 Å². The molecule has 2 rings (SSSR count). The van der Waals surface area contributed by atoms with Gasteiger partial charge < -0.3 is 0 Å². The van der Waals surface area contributed by atoms with E-state index in [0.717, 1.165) is 5.02 Å². The lowest BCUT2D eigenvalue weighted by molar-refractivity contribution is 1.64. The first-order valence-corrected chi connectivity index (χ1v) is 5.64. The molecule has 0 aliphatic carbocycles. The first-order valence-electron chi connectivity index (χ1n) is 3.56. The van der Waals surface area contributed by atoms with E-state index in [2.05, 4.69) is 19.1 Å². The second kappa shape index (κ2) is 3.21. The molecule has 0 fully saturated rings. The molecule has 0 atom stereocenters. The molecule has 0 amide bonds. The Morgan fingerprint density at radius 3 is 2.58 bits per heavy atom. The summed E-state index contributed by atoms with van der Waals surface area (Å²) in [5.74, 6) is 0. The van der Waals surface area contributed by atoms with Crippen LogP contribution in [-0.4, -0.2) is 0 Å². The van der Waals surface area contributed by atoms with Gasteiger partial charge in [-0.3, -0.25) is 0 Å². The number of halogens is 1. The summed E-state index contributed by atoms with van der Waals surface area (Å²) in [6.45, 7) is 2.11. The van der Waals surface area contributed by atoms with Crippen molar-refractivity contribution in [3.63, 3.8) is 0 Å². The molecule has 0 saturated carbocycles. The van der Waals surface area contributed by atoms with Gasteiger partial charge in [0.25, 0.3) is 0 Å². The number of aryl methyl sites for hydroxylation is 1. The maximum Gasteiger partial charge on any atom is 0.0519 e. The Hall–Kier alpha value is -0.310. The molecule has 0 unspecified atom stereocenters. The molecule has 2 aromatic heterocycles. The number of hydrogen-bond acceptors (Lipinski definition) is 2. The van der Waals surface area contributed by atoms with Crippen LogP contribution in [0.1, 0.15) is 4.88 Å². The van der Waals surface area contributed by atoms with Crippen molar-refractivity contribution in [2.75, 3.05) is 0 Å². The standard InChI is InChI=1S/C9H7ClS2/c1-6-2-3-8(12-6)9-4-7(10)5-11-9/h2-5H,1H3.